The van der Waals surface area contributed by atoms with E-state index in [1.54, 1.807) is 18.2 Å². The summed E-state index contributed by atoms with van der Waals surface area (Å²) in [7, 11) is 1.32. The highest BCUT2D eigenvalue weighted by molar-refractivity contribution is 8.01. The molecule has 140 valence electrons. The van der Waals surface area contributed by atoms with Crippen molar-refractivity contribution in [2.45, 2.75) is 18.2 Å². The van der Waals surface area contributed by atoms with Gasteiger partial charge in [-0.2, -0.15) is 0 Å². The van der Waals surface area contributed by atoms with E-state index in [-0.39, 0.29) is 17.6 Å². The van der Waals surface area contributed by atoms with Crippen molar-refractivity contribution < 1.29 is 23.8 Å². The van der Waals surface area contributed by atoms with Crippen molar-refractivity contribution in [1.82, 2.24) is 10.2 Å². The number of methoxy groups -OCH3 is 1. The van der Waals surface area contributed by atoms with E-state index in [2.05, 4.69) is 20.3 Å². The highest BCUT2D eigenvalue weighted by Gasteiger charge is 2.14. The second kappa shape index (κ2) is 9.97. The topological polar surface area (TPSA) is 99.6 Å². The first-order chi connectivity index (χ1) is 12.6. The summed E-state index contributed by atoms with van der Waals surface area (Å²) in [5.41, 5.74) is 0.413. The van der Waals surface area contributed by atoms with Crippen LogP contribution >= 0.6 is 23.1 Å². The van der Waals surface area contributed by atoms with Crippen LogP contribution in [-0.4, -0.2) is 48.2 Å². The van der Waals surface area contributed by atoms with Gasteiger partial charge in [0.1, 0.15) is 0 Å². The van der Waals surface area contributed by atoms with E-state index in [9.17, 15) is 9.59 Å². The van der Waals surface area contributed by atoms with Gasteiger partial charge in [-0.15, -0.1) is 10.2 Å². The van der Waals surface area contributed by atoms with Crippen molar-refractivity contribution in [3.63, 3.8) is 0 Å². The number of ether oxygens (including phenoxy) is 3. The number of hydrogen-bond donors (Lipinski definition) is 1. The molecule has 0 radical (unpaired) electrons. The third-order valence-electron chi connectivity index (χ3n) is 2.97. The molecule has 8 nitrogen and oxygen atoms in total. The number of benzene rings is 1. The molecular formula is C16H19N3O5S2. The van der Waals surface area contributed by atoms with Crippen LogP contribution in [0.5, 0.6) is 11.5 Å². The third kappa shape index (κ3) is 5.60. The zero-order valence-corrected chi connectivity index (χ0v) is 16.2. The normalized spacial score (nSPS) is 10.3. The molecule has 0 aliphatic rings. The first-order valence-corrected chi connectivity index (χ1v) is 9.61. The van der Waals surface area contributed by atoms with Gasteiger partial charge >= 0.3 is 5.97 Å². The molecule has 0 unspecified atom stereocenters. The number of rotatable bonds is 9. The number of carbonyl (C=O) groups excluding carboxylic acids is 2. The van der Waals surface area contributed by atoms with E-state index in [1.807, 2.05) is 13.8 Å². The lowest BCUT2D eigenvalue weighted by Gasteiger charge is -2.12. The Morgan fingerprint density at radius 1 is 1.15 bits per heavy atom. The van der Waals surface area contributed by atoms with E-state index in [1.165, 1.54) is 30.2 Å². The summed E-state index contributed by atoms with van der Waals surface area (Å²) in [6.07, 6.45) is 0. The van der Waals surface area contributed by atoms with Crippen LogP contribution in [0.15, 0.2) is 22.5 Å². The lowest BCUT2D eigenvalue weighted by Crippen LogP contribution is -2.12. The molecule has 0 saturated carbocycles. The van der Waals surface area contributed by atoms with Crippen molar-refractivity contribution in [2.75, 3.05) is 31.4 Å². The first-order valence-electron chi connectivity index (χ1n) is 7.81. The number of nitrogens with one attached hydrogen (secondary N) is 1. The Morgan fingerprint density at radius 2 is 1.88 bits per heavy atom. The molecule has 26 heavy (non-hydrogen) atoms. The van der Waals surface area contributed by atoms with Gasteiger partial charge in [0.15, 0.2) is 15.8 Å². The SMILES string of the molecule is CCOc1ccc(C(=O)Nc2nnc(SCC(=O)OC)s2)cc1OCC. The van der Waals surface area contributed by atoms with E-state index in [4.69, 9.17) is 9.47 Å². The summed E-state index contributed by atoms with van der Waals surface area (Å²) in [5.74, 6) is 0.538. The standard InChI is InChI=1S/C16H19N3O5S2/c1-4-23-11-7-6-10(8-12(11)24-5-2)14(21)17-15-18-19-16(26-15)25-9-13(20)22-3/h6-8H,4-5,9H2,1-3H3,(H,17,18,21). The summed E-state index contributed by atoms with van der Waals surface area (Å²) in [6, 6.07) is 4.97. The Hall–Kier alpha value is -2.33. The van der Waals surface area contributed by atoms with E-state index in [0.29, 0.717) is 39.7 Å². The molecular weight excluding hydrogens is 378 g/mol. The maximum atomic E-state index is 12.4. The number of esters is 1. The van der Waals surface area contributed by atoms with Crippen molar-refractivity contribution in [3.05, 3.63) is 23.8 Å². The number of aromatic nitrogens is 2. The zero-order valence-electron chi connectivity index (χ0n) is 14.6. The Balaban J connectivity index is 2.04. The molecule has 1 N–H and O–H groups in total. The van der Waals surface area contributed by atoms with Crippen molar-refractivity contribution in [2.24, 2.45) is 0 Å². The maximum Gasteiger partial charge on any atom is 0.316 e. The van der Waals surface area contributed by atoms with E-state index < -0.39 is 0 Å². The van der Waals surface area contributed by atoms with Gasteiger partial charge in [-0.05, 0) is 32.0 Å². The van der Waals surface area contributed by atoms with Crippen LogP contribution in [0.2, 0.25) is 0 Å². The monoisotopic (exact) mass is 397 g/mol. The minimum Gasteiger partial charge on any atom is -0.490 e. The van der Waals surface area contributed by atoms with Crippen LogP contribution in [0.4, 0.5) is 5.13 Å². The first kappa shape index (κ1) is 20.0. The maximum absolute atomic E-state index is 12.4. The number of anilines is 1. The molecule has 1 aromatic heterocycles. The second-order valence-electron chi connectivity index (χ2n) is 4.72. The average molecular weight is 397 g/mol. The fraction of sp³-hybridized carbons (Fsp3) is 0.375. The number of amides is 1. The Kier molecular flexibility index (Phi) is 7.67. The zero-order chi connectivity index (χ0) is 18.9. The van der Waals surface area contributed by atoms with Crippen LogP contribution in [0.3, 0.4) is 0 Å². The average Bonchev–Trinajstić information content (AvgIpc) is 3.08. The fourth-order valence-electron chi connectivity index (χ4n) is 1.86. The van der Waals surface area contributed by atoms with Crippen LogP contribution in [0.1, 0.15) is 24.2 Å². The largest absolute Gasteiger partial charge is 0.490 e. The molecule has 0 bridgehead atoms. The summed E-state index contributed by atoms with van der Waals surface area (Å²) < 4.78 is 16.1. The summed E-state index contributed by atoms with van der Waals surface area (Å²) >= 11 is 2.38. The second-order valence-corrected chi connectivity index (χ2v) is 6.92. The summed E-state index contributed by atoms with van der Waals surface area (Å²) in [6.45, 7) is 4.70. The van der Waals surface area contributed by atoms with Crippen LogP contribution in [0, 0.1) is 0 Å². The van der Waals surface area contributed by atoms with Crippen molar-refractivity contribution in [3.8, 4) is 11.5 Å². The van der Waals surface area contributed by atoms with Gasteiger partial charge in [0.2, 0.25) is 5.13 Å². The predicted molar refractivity (Wildman–Crippen MR) is 99.4 cm³/mol. The van der Waals surface area contributed by atoms with Gasteiger partial charge in [0.05, 0.1) is 26.1 Å². The van der Waals surface area contributed by atoms with Gasteiger partial charge < -0.3 is 14.2 Å². The molecule has 0 atom stereocenters. The Labute approximate surface area is 159 Å². The minimum atomic E-state index is -0.353. The highest BCUT2D eigenvalue weighted by atomic mass is 32.2. The molecule has 0 aliphatic heterocycles. The lowest BCUT2D eigenvalue weighted by atomic mass is 10.2. The molecule has 1 aromatic carbocycles. The van der Waals surface area contributed by atoms with Crippen LogP contribution in [0.25, 0.3) is 0 Å². The van der Waals surface area contributed by atoms with Crippen LogP contribution < -0.4 is 14.8 Å². The molecule has 2 aromatic rings. The molecule has 0 saturated heterocycles. The molecule has 0 spiro atoms. The van der Waals surface area contributed by atoms with E-state index in [0.717, 1.165) is 0 Å². The third-order valence-corrected chi connectivity index (χ3v) is 4.92. The lowest BCUT2D eigenvalue weighted by molar-refractivity contribution is -0.137. The van der Waals surface area contributed by atoms with E-state index >= 15 is 0 Å². The number of carbonyl (C=O) groups is 2. The number of nitrogens with zero attached hydrogens (tertiary/aromatic N) is 2. The van der Waals surface area contributed by atoms with Crippen molar-refractivity contribution >= 4 is 40.1 Å². The van der Waals surface area contributed by atoms with Crippen LogP contribution in [-0.2, 0) is 9.53 Å². The number of hydrogen-bond acceptors (Lipinski definition) is 9. The van der Waals surface area contributed by atoms with Crippen molar-refractivity contribution in [1.29, 1.82) is 0 Å². The van der Waals surface area contributed by atoms with Gasteiger partial charge in [0.25, 0.3) is 5.91 Å². The quantitative estimate of drug-likeness (QED) is 0.392. The predicted octanol–water partition coefficient (Wildman–Crippen LogP) is 2.85. The fourth-order valence-corrected chi connectivity index (χ4v) is 3.44. The summed E-state index contributed by atoms with van der Waals surface area (Å²) in [4.78, 5) is 23.5. The molecule has 10 heteroatoms. The molecule has 1 heterocycles. The highest BCUT2D eigenvalue weighted by Crippen LogP contribution is 2.30. The smallest absolute Gasteiger partial charge is 0.316 e. The Bertz CT molecular complexity index is 766. The number of thioether (sulfide) groups is 1. The molecule has 2 rings (SSSR count). The van der Waals surface area contributed by atoms with Gasteiger partial charge in [-0.3, -0.25) is 14.9 Å². The molecule has 0 aliphatic carbocycles. The molecule has 1 amide bonds. The van der Waals surface area contributed by atoms with Gasteiger partial charge in [-0.1, -0.05) is 23.1 Å². The summed E-state index contributed by atoms with van der Waals surface area (Å²) in [5, 5.41) is 10.8. The van der Waals surface area contributed by atoms with Gasteiger partial charge in [-0.25, -0.2) is 0 Å². The van der Waals surface area contributed by atoms with Gasteiger partial charge in [0, 0.05) is 5.56 Å². The minimum absolute atomic E-state index is 0.135. The molecule has 0 fully saturated rings. The Morgan fingerprint density at radius 3 is 2.58 bits per heavy atom.